The molecule has 0 heterocycles. The van der Waals surface area contributed by atoms with Gasteiger partial charge < -0.3 is 15.6 Å². The van der Waals surface area contributed by atoms with Crippen molar-refractivity contribution in [3.63, 3.8) is 0 Å². The van der Waals surface area contributed by atoms with Gasteiger partial charge in [0.15, 0.2) is 0 Å². The molecule has 0 aliphatic heterocycles. The Hall–Kier alpha value is -3.02. The third-order valence-electron chi connectivity index (χ3n) is 3.40. The van der Waals surface area contributed by atoms with Gasteiger partial charge in [-0.3, -0.25) is 9.69 Å². The zero-order chi connectivity index (χ0) is 17.0. The van der Waals surface area contributed by atoms with E-state index in [-0.39, 0.29) is 6.42 Å². The van der Waals surface area contributed by atoms with E-state index in [1.807, 2.05) is 0 Å². The molecule has 0 aromatic heterocycles. The Morgan fingerprint density at radius 3 is 2.43 bits per heavy atom. The third kappa shape index (κ3) is 3.60. The van der Waals surface area contributed by atoms with Gasteiger partial charge in [-0.15, -0.1) is 0 Å². The number of aryl methyl sites for hydroxylation is 1. The van der Waals surface area contributed by atoms with Crippen LogP contribution >= 0.6 is 0 Å². The number of anilines is 2. The van der Waals surface area contributed by atoms with Crippen LogP contribution in [0.15, 0.2) is 42.5 Å². The van der Waals surface area contributed by atoms with Gasteiger partial charge in [-0.2, -0.15) is 0 Å². The van der Waals surface area contributed by atoms with Crippen LogP contribution in [-0.2, 0) is 11.2 Å². The Labute approximate surface area is 134 Å². The summed E-state index contributed by atoms with van der Waals surface area (Å²) in [6.07, 6.45) is -0.0770. The first-order valence-electron chi connectivity index (χ1n) is 6.98. The summed E-state index contributed by atoms with van der Waals surface area (Å²) >= 11 is 0. The van der Waals surface area contributed by atoms with E-state index in [1.165, 1.54) is 12.0 Å². The smallest absolute Gasteiger partial charge is 0.324 e. The van der Waals surface area contributed by atoms with Gasteiger partial charge in [0.1, 0.15) is 5.75 Å². The molecule has 0 saturated heterocycles. The van der Waals surface area contributed by atoms with Crippen LogP contribution < -0.4 is 15.4 Å². The number of amides is 2. The molecule has 0 atom stereocenters. The fraction of sp³-hybridized carbons (Fsp3) is 0.176. The summed E-state index contributed by atoms with van der Waals surface area (Å²) in [6, 6.07) is 11.5. The van der Waals surface area contributed by atoms with Crippen molar-refractivity contribution in [2.75, 3.05) is 12.0 Å². The summed E-state index contributed by atoms with van der Waals surface area (Å²) < 4.78 is 5.29. The molecule has 0 aliphatic rings. The van der Waals surface area contributed by atoms with Crippen LogP contribution in [0.25, 0.3) is 0 Å². The zero-order valence-electron chi connectivity index (χ0n) is 12.9. The van der Waals surface area contributed by atoms with E-state index >= 15 is 0 Å². The van der Waals surface area contributed by atoms with E-state index < -0.39 is 12.0 Å². The molecule has 6 nitrogen and oxygen atoms in total. The van der Waals surface area contributed by atoms with E-state index in [9.17, 15) is 9.59 Å². The van der Waals surface area contributed by atoms with E-state index in [2.05, 4.69) is 0 Å². The minimum Gasteiger partial charge on any atom is -0.495 e. The van der Waals surface area contributed by atoms with Crippen molar-refractivity contribution in [3.05, 3.63) is 53.6 Å². The Morgan fingerprint density at radius 1 is 1.17 bits per heavy atom. The molecule has 0 radical (unpaired) electrons. The summed E-state index contributed by atoms with van der Waals surface area (Å²) in [7, 11) is 1.51. The average molecular weight is 314 g/mol. The molecule has 2 rings (SSSR count). The summed E-state index contributed by atoms with van der Waals surface area (Å²) in [5.41, 5.74) is 8.05. The van der Waals surface area contributed by atoms with Crippen molar-refractivity contribution in [2.24, 2.45) is 5.73 Å². The van der Waals surface area contributed by atoms with Gasteiger partial charge in [0, 0.05) is 0 Å². The number of carboxylic acids is 1. The number of aliphatic carboxylic acids is 1. The normalized spacial score (nSPS) is 10.2. The van der Waals surface area contributed by atoms with Gasteiger partial charge in [-0.1, -0.05) is 24.3 Å². The molecular weight excluding hydrogens is 296 g/mol. The van der Waals surface area contributed by atoms with Gasteiger partial charge in [0.25, 0.3) is 0 Å². The number of primary amides is 1. The maximum Gasteiger partial charge on any atom is 0.324 e. The van der Waals surface area contributed by atoms with Crippen LogP contribution in [0, 0.1) is 6.92 Å². The number of carboxylic acid groups (broad SMARTS) is 1. The monoisotopic (exact) mass is 314 g/mol. The molecule has 6 heteroatoms. The van der Waals surface area contributed by atoms with Crippen molar-refractivity contribution in [1.82, 2.24) is 0 Å². The molecule has 0 saturated carbocycles. The van der Waals surface area contributed by atoms with Crippen LogP contribution in [0.1, 0.15) is 11.1 Å². The lowest BCUT2D eigenvalue weighted by Crippen LogP contribution is -2.32. The quantitative estimate of drug-likeness (QED) is 0.887. The maximum absolute atomic E-state index is 12.0. The first-order chi connectivity index (χ1) is 10.9. The molecular formula is C17H18N2O4. The SMILES string of the molecule is COc1ccccc1N(C(N)=O)c1ccc(CC(=O)O)cc1C. The summed E-state index contributed by atoms with van der Waals surface area (Å²) in [4.78, 5) is 24.1. The lowest BCUT2D eigenvalue weighted by atomic mass is 10.1. The highest BCUT2D eigenvalue weighted by Crippen LogP contribution is 2.35. The molecule has 2 amide bonds. The minimum absolute atomic E-state index is 0.0770. The summed E-state index contributed by atoms with van der Waals surface area (Å²) in [6.45, 7) is 1.80. The molecule has 0 bridgehead atoms. The fourth-order valence-electron chi connectivity index (χ4n) is 2.43. The Bertz CT molecular complexity index is 743. The number of nitrogens with zero attached hydrogens (tertiary/aromatic N) is 1. The number of urea groups is 1. The fourth-order valence-corrected chi connectivity index (χ4v) is 2.43. The highest BCUT2D eigenvalue weighted by Gasteiger charge is 2.20. The van der Waals surface area contributed by atoms with E-state index in [4.69, 9.17) is 15.6 Å². The topological polar surface area (TPSA) is 92.9 Å². The first kappa shape index (κ1) is 16.4. The Kier molecular flexibility index (Phi) is 4.85. The predicted molar refractivity (Wildman–Crippen MR) is 87.2 cm³/mol. The molecule has 3 N–H and O–H groups in total. The second-order valence-electron chi connectivity index (χ2n) is 5.04. The average Bonchev–Trinajstić information content (AvgIpc) is 2.49. The lowest BCUT2D eigenvalue weighted by Gasteiger charge is -2.24. The summed E-state index contributed by atoms with van der Waals surface area (Å²) in [5.74, 6) is -0.394. The molecule has 0 spiro atoms. The number of nitrogens with two attached hydrogens (primary N) is 1. The second kappa shape index (κ2) is 6.83. The number of rotatable bonds is 5. The lowest BCUT2D eigenvalue weighted by molar-refractivity contribution is -0.136. The van der Waals surface area contributed by atoms with Gasteiger partial charge in [0.05, 0.1) is 24.9 Å². The Balaban J connectivity index is 2.50. The molecule has 0 aliphatic carbocycles. The van der Waals surface area contributed by atoms with Crippen LogP contribution in [-0.4, -0.2) is 24.2 Å². The molecule has 120 valence electrons. The van der Waals surface area contributed by atoms with E-state index in [0.717, 1.165) is 5.56 Å². The largest absolute Gasteiger partial charge is 0.495 e. The van der Waals surface area contributed by atoms with Crippen LogP contribution in [0.5, 0.6) is 5.75 Å². The number of para-hydroxylation sites is 2. The van der Waals surface area contributed by atoms with Gasteiger partial charge in [-0.05, 0) is 36.2 Å². The number of carbonyl (C=O) groups excluding carboxylic acids is 1. The number of benzene rings is 2. The highest BCUT2D eigenvalue weighted by molar-refractivity contribution is 6.00. The predicted octanol–water partition coefficient (Wildman–Crippen LogP) is 2.85. The number of ether oxygens (including phenoxy) is 1. The van der Waals surface area contributed by atoms with Crippen LogP contribution in [0.4, 0.5) is 16.2 Å². The van der Waals surface area contributed by atoms with E-state index in [0.29, 0.717) is 22.7 Å². The molecule has 0 fully saturated rings. The molecule has 23 heavy (non-hydrogen) atoms. The number of hydrogen-bond donors (Lipinski definition) is 2. The summed E-state index contributed by atoms with van der Waals surface area (Å²) in [5, 5.41) is 8.87. The number of methoxy groups -OCH3 is 1. The van der Waals surface area contributed by atoms with Gasteiger partial charge >= 0.3 is 12.0 Å². The van der Waals surface area contributed by atoms with Crippen molar-refractivity contribution >= 4 is 23.4 Å². The number of carbonyl (C=O) groups is 2. The molecule has 0 unspecified atom stereocenters. The molecule has 2 aromatic rings. The van der Waals surface area contributed by atoms with Crippen molar-refractivity contribution in [1.29, 1.82) is 0 Å². The van der Waals surface area contributed by atoms with E-state index in [1.54, 1.807) is 49.4 Å². The van der Waals surface area contributed by atoms with Crippen molar-refractivity contribution < 1.29 is 19.4 Å². The van der Waals surface area contributed by atoms with Gasteiger partial charge in [0.2, 0.25) is 0 Å². The highest BCUT2D eigenvalue weighted by atomic mass is 16.5. The minimum atomic E-state index is -0.909. The first-order valence-corrected chi connectivity index (χ1v) is 6.98. The van der Waals surface area contributed by atoms with Crippen molar-refractivity contribution in [2.45, 2.75) is 13.3 Å². The standard InChI is InChI=1S/C17H18N2O4/c1-11-9-12(10-16(20)21)7-8-13(11)19(17(18)22)14-5-3-4-6-15(14)23-2/h3-9H,10H2,1-2H3,(H2,18,22)(H,20,21). The maximum atomic E-state index is 12.0. The molecule has 2 aromatic carbocycles. The third-order valence-corrected chi connectivity index (χ3v) is 3.40. The van der Waals surface area contributed by atoms with Crippen molar-refractivity contribution in [3.8, 4) is 5.75 Å². The van der Waals surface area contributed by atoms with Crippen LogP contribution in [0.3, 0.4) is 0 Å². The zero-order valence-corrected chi connectivity index (χ0v) is 12.9. The number of hydrogen-bond acceptors (Lipinski definition) is 3. The van der Waals surface area contributed by atoms with Gasteiger partial charge in [-0.25, -0.2) is 4.79 Å². The van der Waals surface area contributed by atoms with Crippen LogP contribution in [0.2, 0.25) is 0 Å². The second-order valence-corrected chi connectivity index (χ2v) is 5.04. The Morgan fingerprint density at radius 2 is 1.87 bits per heavy atom.